The lowest BCUT2D eigenvalue weighted by Crippen LogP contribution is -2.35. The van der Waals surface area contributed by atoms with Gasteiger partial charge in [0, 0.05) is 7.11 Å². The van der Waals surface area contributed by atoms with E-state index in [0.29, 0.717) is 0 Å². The highest BCUT2D eigenvalue weighted by Gasteiger charge is 2.07. The molecule has 0 aliphatic rings. The van der Waals surface area contributed by atoms with Gasteiger partial charge >= 0.3 is 0 Å². The van der Waals surface area contributed by atoms with Gasteiger partial charge in [-0.3, -0.25) is 10.5 Å². The van der Waals surface area contributed by atoms with Crippen molar-refractivity contribution in [3.05, 3.63) is 0 Å². The zero-order valence-electron chi connectivity index (χ0n) is 4.68. The zero-order chi connectivity index (χ0) is 6.57. The van der Waals surface area contributed by atoms with Gasteiger partial charge < -0.3 is 10.5 Å². The molecule has 0 aliphatic carbocycles. The van der Waals surface area contributed by atoms with Gasteiger partial charge in [0.1, 0.15) is 6.04 Å². The second-order valence-electron chi connectivity index (χ2n) is 1.43. The van der Waals surface area contributed by atoms with Crippen molar-refractivity contribution in [1.29, 1.82) is 0 Å². The number of nitrogens with one attached hydrogen (secondary N) is 1. The summed E-state index contributed by atoms with van der Waals surface area (Å²) in [5.74, 6) is -0.785. The van der Waals surface area contributed by atoms with Gasteiger partial charge in [-0.15, -0.1) is 0 Å². The summed E-state index contributed by atoms with van der Waals surface area (Å²) in [6, 6.07) is -0.778. The summed E-state index contributed by atoms with van der Waals surface area (Å²) < 4.78 is 4.50. The Balaban J connectivity index is 3.32. The van der Waals surface area contributed by atoms with Gasteiger partial charge in [0.15, 0.2) is 0 Å². The summed E-state index contributed by atoms with van der Waals surface area (Å²) in [4.78, 5) is 10.00. The number of amides is 1. The first-order valence-corrected chi connectivity index (χ1v) is 2.18. The fourth-order valence-corrected chi connectivity index (χ4v) is 0.255. The molecule has 0 saturated carbocycles. The molecular formula is C4H9N2O2. The Bertz CT molecular complexity index is 84.1. The number of carbonyl (C=O) groups excluding carboxylic acids is 1. The fourth-order valence-electron chi connectivity index (χ4n) is 0.255. The van der Waals surface area contributed by atoms with Gasteiger partial charge in [-0.1, -0.05) is 0 Å². The molecule has 0 fully saturated rings. The topological polar surface area (TPSA) is 76.1 Å². The summed E-state index contributed by atoms with van der Waals surface area (Å²) in [5, 5.41) is 0. The first-order chi connectivity index (χ1) is 3.68. The summed E-state index contributed by atoms with van der Waals surface area (Å²) in [6.45, 7) is 0.127. The molecule has 0 aliphatic heterocycles. The first-order valence-electron chi connectivity index (χ1n) is 2.18. The molecule has 1 radical (unpaired) electrons. The monoisotopic (exact) mass is 117 g/mol. The molecule has 0 aromatic rings. The van der Waals surface area contributed by atoms with E-state index < -0.39 is 11.9 Å². The average molecular weight is 117 g/mol. The van der Waals surface area contributed by atoms with Crippen LogP contribution in [-0.4, -0.2) is 25.7 Å². The minimum Gasteiger partial charge on any atom is -0.383 e. The van der Waals surface area contributed by atoms with E-state index in [1.807, 2.05) is 0 Å². The third-order valence-electron chi connectivity index (χ3n) is 0.683. The Morgan fingerprint density at radius 2 is 2.50 bits per heavy atom. The largest absolute Gasteiger partial charge is 0.383 e. The van der Waals surface area contributed by atoms with Gasteiger partial charge in [0.2, 0.25) is 0 Å². The van der Waals surface area contributed by atoms with Crippen LogP contribution in [-0.2, 0) is 9.53 Å². The quantitative estimate of drug-likeness (QED) is 0.502. The molecule has 4 nitrogen and oxygen atoms in total. The van der Waals surface area contributed by atoms with E-state index in [-0.39, 0.29) is 6.61 Å². The van der Waals surface area contributed by atoms with Crippen LogP contribution in [0.4, 0.5) is 0 Å². The lowest BCUT2D eigenvalue weighted by Gasteiger charge is -2.01. The number of hydrogen-bond acceptors (Lipinski definition) is 3. The van der Waals surface area contributed by atoms with E-state index in [4.69, 9.17) is 11.5 Å². The van der Waals surface area contributed by atoms with Gasteiger partial charge in [-0.25, -0.2) is 0 Å². The van der Waals surface area contributed by atoms with Gasteiger partial charge in [-0.2, -0.15) is 0 Å². The van der Waals surface area contributed by atoms with Crippen LogP contribution in [0.15, 0.2) is 0 Å². The van der Waals surface area contributed by atoms with Crippen molar-refractivity contribution in [2.45, 2.75) is 6.04 Å². The van der Waals surface area contributed by atoms with Crippen LogP contribution in [0, 0.1) is 0 Å². The molecule has 0 rings (SSSR count). The second kappa shape index (κ2) is 3.40. The smallest absolute Gasteiger partial charge is 0.257 e. The average Bonchev–Trinajstić information content (AvgIpc) is 1.67. The van der Waals surface area contributed by atoms with Gasteiger partial charge in [0.05, 0.1) is 6.61 Å². The molecule has 1 amide bonds. The predicted molar refractivity (Wildman–Crippen MR) is 28.0 cm³/mol. The van der Waals surface area contributed by atoms with Crippen molar-refractivity contribution in [2.24, 2.45) is 5.73 Å². The minimum absolute atomic E-state index is 0.127. The third kappa shape index (κ3) is 2.54. The maximum atomic E-state index is 10.00. The summed E-state index contributed by atoms with van der Waals surface area (Å²) in [7, 11) is 1.43. The van der Waals surface area contributed by atoms with Crippen molar-refractivity contribution in [2.75, 3.05) is 13.7 Å². The Morgan fingerprint density at radius 1 is 2.00 bits per heavy atom. The maximum absolute atomic E-state index is 10.00. The molecule has 0 heterocycles. The zero-order valence-corrected chi connectivity index (χ0v) is 4.68. The van der Waals surface area contributed by atoms with Crippen LogP contribution >= 0.6 is 0 Å². The van der Waals surface area contributed by atoms with E-state index in [2.05, 4.69) is 4.74 Å². The van der Waals surface area contributed by atoms with Crippen molar-refractivity contribution in [3.63, 3.8) is 0 Å². The highest BCUT2D eigenvalue weighted by atomic mass is 16.5. The molecule has 0 unspecified atom stereocenters. The third-order valence-corrected chi connectivity index (χ3v) is 0.683. The van der Waals surface area contributed by atoms with Crippen molar-refractivity contribution in [1.82, 2.24) is 5.73 Å². The number of rotatable bonds is 3. The SMILES string of the molecule is COC[C@H](N)C([NH])=O. The van der Waals surface area contributed by atoms with E-state index in [9.17, 15) is 4.79 Å². The molecule has 1 atom stereocenters. The van der Waals surface area contributed by atoms with Crippen molar-refractivity contribution >= 4 is 5.91 Å². The lowest BCUT2D eigenvalue weighted by molar-refractivity contribution is -0.120. The number of methoxy groups -OCH3 is 1. The Kier molecular flexibility index (Phi) is 3.14. The maximum Gasteiger partial charge on any atom is 0.257 e. The normalized spacial score (nSPS) is 13.2. The summed E-state index contributed by atoms with van der Waals surface area (Å²) in [6.07, 6.45) is 0. The molecule has 8 heavy (non-hydrogen) atoms. The molecule has 0 saturated heterocycles. The molecule has 0 bridgehead atoms. The van der Waals surface area contributed by atoms with Crippen LogP contribution < -0.4 is 11.5 Å². The van der Waals surface area contributed by atoms with Crippen molar-refractivity contribution in [3.8, 4) is 0 Å². The minimum atomic E-state index is -0.785. The van der Waals surface area contributed by atoms with Crippen LogP contribution in [0.25, 0.3) is 0 Å². The fraction of sp³-hybridized carbons (Fsp3) is 0.750. The highest BCUT2D eigenvalue weighted by Crippen LogP contribution is 1.76. The first kappa shape index (κ1) is 7.39. The van der Waals surface area contributed by atoms with Crippen LogP contribution in [0.3, 0.4) is 0 Å². The predicted octanol–water partition coefficient (Wildman–Crippen LogP) is -1.23. The Morgan fingerprint density at radius 3 is 2.62 bits per heavy atom. The van der Waals surface area contributed by atoms with E-state index >= 15 is 0 Å². The second-order valence-corrected chi connectivity index (χ2v) is 1.43. The molecule has 4 heteroatoms. The van der Waals surface area contributed by atoms with Crippen LogP contribution in [0.5, 0.6) is 0 Å². The van der Waals surface area contributed by atoms with Crippen LogP contribution in [0.1, 0.15) is 0 Å². The summed E-state index contributed by atoms with van der Waals surface area (Å²) >= 11 is 0. The number of carbonyl (C=O) groups is 1. The van der Waals surface area contributed by atoms with E-state index in [1.165, 1.54) is 7.11 Å². The molecule has 0 aromatic heterocycles. The summed E-state index contributed by atoms with van der Waals surface area (Å²) in [5.41, 5.74) is 11.5. The van der Waals surface area contributed by atoms with Gasteiger partial charge in [-0.05, 0) is 0 Å². The molecule has 0 aromatic carbocycles. The standard InChI is InChI=1S/C4H9N2O2/c1-8-2-3(5)4(6)7/h3,6H,2,5H2,1H3/t3-/m0/s1. The molecule has 3 N–H and O–H groups in total. The van der Waals surface area contributed by atoms with Gasteiger partial charge in [0.25, 0.3) is 5.91 Å². The van der Waals surface area contributed by atoms with E-state index in [0.717, 1.165) is 0 Å². The Hall–Kier alpha value is -0.610. The van der Waals surface area contributed by atoms with Crippen LogP contribution in [0.2, 0.25) is 0 Å². The molecular weight excluding hydrogens is 108 g/mol. The number of ether oxygens (including phenoxy) is 1. The van der Waals surface area contributed by atoms with E-state index in [1.54, 1.807) is 0 Å². The highest BCUT2D eigenvalue weighted by molar-refractivity contribution is 5.78. The number of nitrogens with two attached hydrogens (primary N) is 1. The lowest BCUT2D eigenvalue weighted by atomic mass is 10.3. The molecule has 47 valence electrons. The van der Waals surface area contributed by atoms with Crippen molar-refractivity contribution < 1.29 is 9.53 Å². The molecule has 0 spiro atoms. The number of hydrogen-bond donors (Lipinski definition) is 1. The Labute approximate surface area is 47.8 Å².